The van der Waals surface area contributed by atoms with Gasteiger partial charge in [0.05, 0.1) is 65.2 Å². The molecule has 398 valence electrons. The number of aromatic nitrogens is 1. The first-order chi connectivity index (χ1) is 33.6. The molecule has 18 heteroatoms. The number of anilines is 1. The minimum absolute atomic E-state index is 0.0864. The lowest BCUT2D eigenvalue weighted by Crippen LogP contribution is -2.61. The topological polar surface area (TPSA) is 165 Å². The molecule has 15 nitrogen and oxygen atoms in total. The number of hydrogen-bond acceptors (Lipinski definition) is 16. The molecule has 0 spiro atoms. The van der Waals surface area contributed by atoms with E-state index in [0.29, 0.717) is 52.4 Å². The fourth-order valence-electron chi connectivity index (χ4n) is 11.7. The molecule has 1 aromatic heterocycles. The number of methoxy groups -OCH3 is 3. The maximum atomic E-state index is 15.2. The largest absolute Gasteiger partial charge is 0.493 e. The molecular formula is C53H79Cl2N3O12S. The molecule has 1 N–H and O–H groups in total. The first kappa shape index (κ1) is 57.4. The number of hydrogen-bond donors (Lipinski definition) is 1. The van der Waals surface area contributed by atoms with Crippen molar-refractivity contribution in [3.63, 3.8) is 0 Å². The van der Waals surface area contributed by atoms with Crippen LogP contribution in [0.15, 0.2) is 30.6 Å². The van der Waals surface area contributed by atoms with Crippen molar-refractivity contribution >= 4 is 58.4 Å². The van der Waals surface area contributed by atoms with E-state index >= 15 is 4.79 Å². The lowest BCUT2D eigenvalue weighted by molar-refractivity contribution is -0.296. The fourth-order valence-corrected chi connectivity index (χ4v) is 13.6. The quantitative estimate of drug-likeness (QED) is 0.158. The summed E-state index contributed by atoms with van der Waals surface area (Å²) >= 11 is 14.8. The SMILES string of the molecule is CC[C@H]1OC(=O)[C@H](C)[C@@H](O)[C@H](C)[C@@H](O[C@@H]2O[C@H](C)C[C@@H](OC)[C@@H]2N(C)C)[C@](C)(OC)C[C@@H](C)C(=O)[C@H](C)[C@H]2C(SCCN(Cc3c(Cl)cncc3Cl)c3ccc(OC)c(OC4CCCC4)c3)C(=O)O[C@@]21C. The Labute approximate surface area is 435 Å². The van der Waals surface area contributed by atoms with E-state index in [1.54, 1.807) is 47.6 Å². The van der Waals surface area contributed by atoms with Crippen LogP contribution in [0, 0.1) is 29.6 Å². The second-order valence-electron chi connectivity index (χ2n) is 20.9. The minimum atomic E-state index is -1.40. The van der Waals surface area contributed by atoms with Crippen molar-refractivity contribution in [3.05, 3.63) is 46.2 Å². The first-order valence-electron chi connectivity index (χ1n) is 25.3. The van der Waals surface area contributed by atoms with Crippen molar-refractivity contribution in [2.45, 2.75) is 172 Å². The summed E-state index contributed by atoms with van der Waals surface area (Å²) in [6, 6.07) is 5.48. The van der Waals surface area contributed by atoms with E-state index in [4.69, 9.17) is 61.1 Å². The Bertz CT molecular complexity index is 2120. The van der Waals surface area contributed by atoms with Crippen LogP contribution in [-0.2, 0) is 49.3 Å². The average Bonchev–Trinajstić information content (AvgIpc) is 3.95. The van der Waals surface area contributed by atoms with E-state index in [9.17, 15) is 14.7 Å². The van der Waals surface area contributed by atoms with Crippen LogP contribution in [0.2, 0.25) is 10.0 Å². The number of carbonyl (C=O) groups excluding carboxylic acids is 3. The lowest BCUT2D eigenvalue weighted by Gasteiger charge is -2.49. The smallest absolute Gasteiger partial charge is 0.320 e. The van der Waals surface area contributed by atoms with Crippen LogP contribution in [0.1, 0.15) is 106 Å². The standard InChI is InChI=1S/C53H79Cl2N3O12S/c1-14-42-53(8)43(47(50(62)70-53)71-22-21-58(28-36-37(54)26-56-27-38(36)55)34-19-20-39(63-11)40(24-34)67-35-17-15-16-18-35)31(4)45(59)29(2)25-52(7,65-13)48(32(5)46(60)33(6)49(61)68-42)69-51-44(57(9)10)41(64-12)23-30(3)66-51/h19-20,24,26-27,29-33,35,41-44,46-48,51,60H,14-18,21-23,25,28H2,1-13H3/t29-,30-,31-,32+,33-,41-,42-,43+,44+,46+,47?,48-,51+,52-,53-/m1/s1. The van der Waals surface area contributed by atoms with Crippen LogP contribution >= 0.6 is 35.0 Å². The summed E-state index contributed by atoms with van der Waals surface area (Å²) in [5.41, 5.74) is -1.08. The summed E-state index contributed by atoms with van der Waals surface area (Å²) in [5, 5.41) is 12.2. The number of ketones is 1. The number of esters is 2. The highest BCUT2D eigenvalue weighted by Crippen LogP contribution is 2.49. The van der Waals surface area contributed by atoms with Crippen LogP contribution < -0.4 is 14.4 Å². The molecule has 1 aliphatic carbocycles. The van der Waals surface area contributed by atoms with Crippen molar-refractivity contribution in [1.29, 1.82) is 0 Å². The van der Waals surface area contributed by atoms with Crippen molar-refractivity contribution in [1.82, 2.24) is 9.88 Å². The van der Waals surface area contributed by atoms with Crippen LogP contribution in [0.3, 0.4) is 0 Å². The minimum Gasteiger partial charge on any atom is -0.493 e. The monoisotopic (exact) mass is 1050 g/mol. The normalized spacial score (nSPS) is 35.5. The van der Waals surface area contributed by atoms with Gasteiger partial charge >= 0.3 is 11.9 Å². The Morgan fingerprint density at radius 2 is 1.62 bits per heavy atom. The highest BCUT2D eigenvalue weighted by molar-refractivity contribution is 8.00. The second-order valence-corrected chi connectivity index (χ2v) is 23.0. The van der Waals surface area contributed by atoms with Gasteiger partial charge in [-0.1, -0.05) is 50.9 Å². The van der Waals surface area contributed by atoms with Crippen LogP contribution in [0.25, 0.3) is 0 Å². The molecule has 3 saturated heterocycles. The number of likely N-dealkylation sites (N-methyl/N-ethyl adjacent to an activating group) is 1. The number of carbonyl (C=O) groups is 3. The molecule has 0 bridgehead atoms. The Kier molecular flexibility index (Phi) is 19.9. The van der Waals surface area contributed by atoms with Gasteiger partial charge < -0.3 is 47.9 Å². The Balaban J connectivity index is 1.34. The molecule has 1 unspecified atom stereocenters. The van der Waals surface area contributed by atoms with E-state index in [1.165, 1.54) is 11.8 Å². The molecule has 4 heterocycles. The van der Waals surface area contributed by atoms with Gasteiger partial charge in [-0.25, -0.2) is 0 Å². The molecule has 15 atom stereocenters. The molecule has 1 saturated carbocycles. The number of aliphatic hydroxyl groups excluding tert-OH is 1. The van der Waals surface area contributed by atoms with Crippen molar-refractivity contribution in [2.75, 3.05) is 52.6 Å². The number of Topliss-reactive ketones (excluding diaryl/α,β-unsaturated/α-hetero) is 1. The lowest BCUT2D eigenvalue weighted by atomic mass is 9.70. The highest BCUT2D eigenvalue weighted by Gasteiger charge is 2.61. The van der Waals surface area contributed by atoms with E-state index in [1.807, 2.05) is 78.7 Å². The Hall–Kier alpha value is -2.93. The summed E-state index contributed by atoms with van der Waals surface area (Å²) < 4.78 is 50.8. The van der Waals surface area contributed by atoms with Crippen molar-refractivity contribution in [3.8, 4) is 11.5 Å². The maximum absolute atomic E-state index is 15.2. The number of rotatable bonds is 16. The van der Waals surface area contributed by atoms with Gasteiger partial charge in [0, 0.05) is 92.9 Å². The van der Waals surface area contributed by atoms with Crippen LogP contribution in [0.4, 0.5) is 5.69 Å². The zero-order valence-electron chi connectivity index (χ0n) is 44.0. The van der Waals surface area contributed by atoms with E-state index in [2.05, 4.69) is 9.88 Å². The van der Waals surface area contributed by atoms with Gasteiger partial charge in [0.2, 0.25) is 0 Å². The number of fused-ring (bicyclic) bond motifs is 1. The predicted octanol–water partition coefficient (Wildman–Crippen LogP) is 8.83. The number of nitrogens with zero attached hydrogens (tertiary/aromatic N) is 3. The Morgan fingerprint density at radius 1 is 0.944 bits per heavy atom. The van der Waals surface area contributed by atoms with E-state index in [0.717, 1.165) is 31.4 Å². The van der Waals surface area contributed by atoms with Gasteiger partial charge in [0.25, 0.3) is 0 Å². The summed E-state index contributed by atoms with van der Waals surface area (Å²) in [5.74, 6) is -3.48. The summed E-state index contributed by atoms with van der Waals surface area (Å²) in [4.78, 5) is 52.3. The van der Waals surface area contributed by atoms with Gasteiger partial charge in [-0.2, -0.15) is 0 Å². The summed E-state index contributed by atoms with van der Waals surface area (Å²) in [7, 11) is 8.72. The molecule has 3 aliphatic heterocycles. The second kappa shape index (κ2) is 24.6. The average molecular weight is 1050 g/mol. The number of thioether (sulfide) groups is 1. The molecule has 2 aromatic rings. The highest BCUT2D eigenvalue weighted by atomic mass is 35.5. The molecule has 1 aromatic carbocycles. The number of pyridine rings is 1. The third kappa shape index (κ3) is 12.6. The zero-order valence-corrected chi connectivity index (χ0v) is 46.3. The van der Waals surface area contributed by atoms with E-state index in [-0.39, 0.29) is 43.0 Å². The molecular weight excluding hydrogens is 974 g/mol. The first-order valence-corrected chi connectivity index (χ1v) is 27.1. The van der Waals surface area contributed by atoms with E-state index < -0.39 is 82.6 Å². The molecule has 6 rings (SSSR count). The third-order valence-electron chi connectivity index (χ3n) is 15.8. The maximum Gasteiger partial charge on any atom is 0.320 e. The molecule has 4 aliphatic rings. The number of aliphatic hydroxyl groups is 1. The van der Waals surface area contributed by atoms with Gasteiger partial charge in [-0.15, -0.1) is 11.8 Å². The van der Waals surface area contributed by atoms with Gasteiger partial charge in [-0.05, 0) is 92.4 Å². The number of benzene rings is 1. The van der Waals surface area contributed by atoms with Gasteiger partial charge in [0.15, 0.2) is 23.4 Å². The third-order valence-corrected chi connectivity index (χ3v) is 17.7. The molecule has 0 amide bonds. The molecule has 0 radical (unpaired) electrons. The molecule has 4 fully saturated rings. The molecule has 71 heavy (non-hydrogen) atoms. The zero-order chi connectivity index (χ0) is 52.1. The fraction of sp³-hybridized carbons (Fsp3) is 0.736. The number of cyclic esters (lactones) is 1. The van der Waals surface area contributed by atoms with Crippen molar-refractivity contribution < 1.29 is 57.4 Å². The van der Waals surface area contributed by atoms with Crippen LogP contribution in [0.5, 0.6) is 11.5 Å². The Morgan fingerprint density at radius 3 is 2.23 bits per heavy atom. The summed E-state index contributed by atoms with van der Waals surface area (Å²) in [6.45, 7) is 15.3. The van der Waals surface area contributed by atoms with Crippen LogP contribution in [-0.4, -0.2) is 146 Å². The van der Waals surface area contributed by atoms with Crippen molar-refractivity contribution in [2.24, 2.45) is 29.6 Å². The predicted molar refractivity (Wildman–Crippen MR) is 275 cm³/mol. The number of ether oxygens (including phenoxy) is 8. The number of halogens is 2. The van der Waals surface area contributed by atoms with Gasteiger partial charge in [-0.3, -0.25) is 24.3 Å². The van der Waals surface area contributed by atoms with Gasteiger partial charge in [0.1, 0.15) is 17.1 Å². The summed E-state index contributed by atoms with van der Waals surface area (Å²) in [6.07, 6.45) is 4.12.